The molecule has 1 N–H and O–H groups in total. The molecule has 0 fully saturated rings. The molecule has 0 saturated heterocycles. The zero-order valence-electron chi connectivity index (χ0n) is 9.43. The van der Waals surface area contributed by atoms with E-state index < -0.39 is 5.97 Å². The number of rotatable bonds is 2. The van der Waals surface area contributed by atoms with Crippen LogP contribution in [0.4, 0.5) is 5.95 Å². The molecule has 0 atom stereocenters. The van der Waals surface area contributed by atoms with Gasteiger partial charge in [-0.15, -0.1) is 0 Å². The van der Waals surface area contributed by atoms with E-state index in [4.69, 9.17) is 5.11 Å². The van der Waals surface area contributed by atoms with Crippen LogP contribution in [0, 0.1) is 6.92 Å². The topological polar surface area (TPSA) is 57.8 Å². The first-order valence-electron chi connectivity index (χ1n) is 4.91. The van der Waals surface area contributed by atoms with Gasteiger partial charge < -0.3 is 10.0 Å². The fourth-order valence-electron chi connectivity index (χ4n) is 1.73. The molecule has 0 saturated carbocycles. The highest BCUT2D eigenvalue weighted by Crippen LogP contribution is 2.20. The number of hydrogen-bond donors (Lipinski definition) is 1. The molecule has 0 aliphatic heterocycles. The lowest BCUT2D eigenvalue weighted by atomic mass is 10.3. The summed E-state index contributed by atoms with van der Waals surface area (Å²) in [7, 11) is 3.68. The normalized spacial score (nSPS) is 10.7. The van der Waals surface area contributed by atoms with Crippen molar-refractivity contribution in [1.29, 1.82) is 0 Å². The summed E-state index contributed by atoms with van der Waals surface area (Å²) < 4.78 is 1.84. The molecule has 0 unspecified atom stereocenters. The Morgan fingerprint density at radius 1 is 1.44 bits per heavy atom. The summed E-state index contributed by atoms with van der Waals surface area (Å²) >= 11 is 0. The van der Waals surface area contributed by atoms with Gasteiger partial charge in [0.25, 0.3) is 0 Å². The van der Waals surface area contributed by atoms with Gasteiger partial charge in [0.15, 0.2) is 5.69 Å². The van der Waals surface area contributed by atoms with E-state index in [1.54, 1.807) is 11.0 Å². The van der Waals surface area contributed by atoms with Crippen LogP contribution in [0.2, 0.25) is 0 Å². The Hall–Kier alpha value is -2.04. The van der Waals surface area contributed by atoms with E-state index in [0.717, 1.165) is 5.69 Å². The average Bonchev–Trinajstić information content (AvgIpc) is 2.58. The van der Waals surface area contributed by atoms with Crippen LogP contribution in [0.5, 0.6) is 0 Å². The Labute approximate surface area is 92.9 Å². The molecule has 0 aliphatic rings. The van der Waals surface area contributed by atoms with Gasteiger partial charge in [0, 0.05) is 19.8 Å². The summed E-state index contributed by atoms with van der Waals surface area (Å²) in [6.45, 7) is 1.92. The number of imidazole rings is 1. The molecule has 16 heavy (non-hydrogen) atoms. The molecule has 2 heterocycles. The first-order chi connectivity index (χ1) is 7.52. The second kappa shape index (κ2) is 3.52. The lowest BCUT2D eigenvalue weighted by molar-refractivity contribution is 0.0693. The number of hydrogen-bond acceptors (Lipinski definition) is 3. The van der Waals surface area contributed by atoms with Gasteiger partial charge in [-0.05, 0) is 19.1 Å². The molecule has 0 aliphatic carbocycles. The summed E-state index contributed by atoms with van der Waals surface area (Å²) in [5.74, 6) is -0.373. The van der Waals surface area contributed by atoms with Gasteiger partial charge in [-0.1, -0.05) is 6.07 Å². The number of carbonyl (C=O) groups is 1. The lowest BCUT2D eigenvalue weighted by Crippen LogP contribution is -2.13. The second-order valence-corrected chi connectivity index (χ2v) is 3.85. The maximum Gasteiger partial charge on any atom is 0.356 e. The number of aromatic nitrogens is 2. The van der Waals surface area contributed by atoms with Gasteiger partial charge in [-0.2, -0.15) is 0 Å². The minimum absolute atomic E-state index is 0.0902. The number of nitrogens with zero attached hydrogens (tertiary/aromatic N) is 3. The Kier molecular flexibility index (Phi) is 2.30. The van der Waals surface area contributed by atoms with Crippen LogP contribution < -0.4 is 4.90 Å². The van der Waals surface area contributed by atoms with Crippen molar-refractivity contribution in [1.82, 2.24) is 9.38 Å². The van der Waals surface area contributed by atoms with Crippen molar-refractivity contribution < 1.29 is 9.90 Å². The third-order valence-corrected chi connectivity index (χ3v) is 2.44. The van der Waals surface area contributed by atoms with Crippen molar-refractivity contribution >= 4 is 17.4 Å². The van der Waals surface area contributed by atoms with Gasteiger partial charge in [0.1, 0.15) is 0 Å². The standard InChI is InChI=1S/C11H13N3O2/c1-7-5-4-6-8-9(10(15)16)12-11(13(2)3)14(7)8/h4-6H,1-3H3,(H,15,16). The van der Waals surface area contributed by atoms with E-state index in [1.807, 2.05) is 37.6 Å². The van der Waals surface area contributed by atoms with Crippen LogP contribution in [0.3, 0.4) is 0 Å². The van der Waals surface area contributed by atoms with Gasteiger partial charge >= 0.3 is 5.97 Å². The summed E-state index contributed by atoms with van der Waals surface area (Å²) in [6, 6.07) is 5.52. The molecule has 0 radical (unpaired) electrons. The lowest BCUT2D eigenvalue weighted by Gasteiger charge is -2.11. The number of carboxylic acid groups (broad SMARTS) is 1. The van der Waals surface area contributed by atoms with Gasteiger partial charge in [-0.25, -0.2) is 9.78 Å². The Morgan fingerprint density at radius 3 is 2.69 bits per heavy atom. The first-order valence-corrected chi connectivity index (χ1v) is 4.91. The van der Waals surface area contributed by atoms with Crippen LogP contribution in [0.1, 0.15) is 16.2 Å². The molecular formula is C11H13N3O2. The predicted octanol–water partition coefficient (Wildman–Crippen LogP) is 1.41. The highest BCUT2D eigenvalue weighted by atomic mass is 16.4. The largest absolute Gasteiger partial charge is 0.476 e. The summed E-state index contributed by atoms with van der Waals surface area (Å²) in [4.78, 5) is 17.0. The van der Waals surface area contributed by atoms with Crippen molar-refractivity contribution in [2.75, 3.05) is 19.0 Å². The highest BCUT2D eigenvalue weighted by molar-refractivity contribution is 5.94. The van der Waals surface area contributed by atoms with Crippen molar-refractivity contribution in [3.63, 3.8) is 0 Å². The van der Waals surface area contributed by atoms with E-state index in [-0.39, 0.29) is 5.69 Å². The number of aryl methyl sites for hydroxylation is 1. The molecule has 2 aromatic rings. The van der Waals surface area contributed by atoms with Crippen molar-refractivity contribution in [2.24, 2.45) is 0 Å². The fraction of sp³-hybridized carbons (Fsp3) is 0.273. The maximum absolute atomic E-state index is 11.1. The summed E-state index contributed by atoms with van der Waals surface area (Å²) in [5, 5.41) is 9.07. The van der Waals surface area contributed by atoms with Crippen LogP contribution in [0.25, 0.3) is 5.52 Å². The summed E-state index contributed by atoms with van der Waals surface area (Å²) in [6.07, 6.45) is 0. The highest BCUT2D eigenvalue weighted by Gasteiger charge is 2.18. The number of pyridine rings is 1. The van der Waals surface area contributed by atoms with Gasteiger partial charge in [-0.3, -0.25) is 4.40 Å². The van der Waals surface area contributed by atoms with Crippen LogP contribution in [0.15, 0.2) is 18.2 Å². The van der Waals surface area contributed by atoms with Crippen molar-refractivity contribution in [2.45, 2.75) is 6.92 Å². The Balaban J connectivity index is 2.87. The Morgan fingerprint density at radius 2 is 2.12 bits per heavy atom. The average molecular weight is 219 g/mol. The SMILES string of the molecule is Cc1cccc2c(C(=O)O)nc(N(C)C)n12. The third kappa shape index (κ3) is 1.41. The molecule has 0 aromatic carbocycles. The van der Waals surface area contributed by atoms with Gasteiger partial charge in [0.2, 0.25) is 5.95 Å². The first kappa shape index (κ1) is 10.5. The predicted molar refractivity (Wildman–Crippen MR) is 61.2 cm³/mol. The molecule has 0 spiro atoms. The van der Waals surface area contributed by atoms with E-state index >= 15 is 0 Å². The molecule has 5 heteroatoms. The number of aromatic carboxylic acids is 1. The third-order valence-electron chi connectivity index (χ3n) is 2.44. The van der Waals surface area contributed by atoms with E-state index in [0.29, 0.717) is 11.5 Å². The molecule has 0 amide bonds. The minimum atomic E-state index is -1.00. The molecule has 2 aromatic heterocycles. The quantitative estimate of drug-likeness (QED) is 0.829. The zero-order chi connectivity index (χ0) is 11.9. The summed E-state index contributed by atoms with van der Waals surface area (Å²) in [5.41, 5.74) is 1.67. The minimum Gasteiger partial charge on any atom is -0.476 e. The monoisotopic (exact) mass is 219 g/mol. The van der Waals surface area contributed by atoms with E-state index in [2.05, 4.69) is 4.98 Å². The fourth-order valence-corrected chi connectivity index (χ4v) is 1.73. The van der Waals surface area contributed by atoms with E-state index in [9.17, 15) is 4.79 Å². The molecular weight excluding hydrogens is 206 g/mol. The van der Waals surface area contributed by atoms with Crippen molar-refractivity contribution in [3.8, 4) is 0 Å². The Bertz CT molecular complexity index is 558. The molecule has 5 nitrogen and oxygen atoms in total. The smallest absolute Gasteiger partial charge is 0.356 e. The zero-order valence-corrected chi connectivity index (χ0v) is 9.43. The molecule has 84 valence electrons. The maximum atomic E-state index is 11.1. The number of fused-ring (bicyclic) bond motifs is 1. The van der Waals surface area contributed by atoms with Crippen LogP contribution >= 0.6 is 0 Å². The second-order valence-electron chi connectivity index (χ2n) is 3.85. The number of carboxylic acids is 1. The molecule has 2 rings (SSSR count). The van der Waals surface area contributed by atoms with Crippen LogP contribution in [-0.2, 0) is 0 Å². The van der Waals surface area contributed by atoms with Crippen LogP contribution in [-0.4, -0.2) is 34.6 Å². The van der Waals surface area contributed by atoms with E-state index in [1.165, 1.54) is 0 Å². The van der Waals surface area contributed by atoms with Gasteiger partial charge in [0.05, 0.1) is 5.52 Å². The molecule has 0 bridgehead atoms. The van der Waals surface area contributed by atoms with Crippen molar-refractivity contribution in [3.05, 3.63) is 29.6 Å². The number of anilines is 1.